The third-order valence-electron chi connectivity index (χ3n) is 3.80. The standard InChI is InChI=1S/C14H20FN3O2/c1-9-12(15)6-13(19-7-10-2-4-16-10)14(18-9)20-8-11-3-5-17-11/h6,10-11,16-17H,2-5,7-8H2,1H3/t10-,11-/m0/s1. The first-order chi connectivity index (χ1) is 9.72. The third kappa shape index (κ3) is 3.02. The van der Waals surface area contributed by atoms with Crippen molar-refractivity contribution >= 4 is 0 Å². The highest BCUT2D eigenvalue weighted by Gasteiger charge is 2.21. The van der Waals surface area contributed by atoms with Gasteiger partial charge in [0.2, 0.25) is 0 Å². The molecule has 3 rings (SSSR count). The minimum absolute atomic E-state index is 0.329. The highest BCUT2D eigenvalue weighted by atomic mass is 19.1. The molecule has 0 amide bonds. The van der Waals surface area contributed by atoms with E-state index in [1.165, 1.54) is 6.07 Å². The summed E-state index contributed by atoms with van der Waals surface area (Å²) in [6.45, 7) is 4.73. The van der Waals surface area contributed by atoms with Crippen molar-refractivity contribution in [3.8, 4) is 11.6 Å². The van der Waals surface area contributed by atoms with Crippen LogP contribution < -0.4 is 20.1 Å². The molecule has 2 aliphatic rings. The van der Waals surface area contributed by atoms with E-state index in [4.69, 9.17) is 9.47 Å². The predicted octanol–water partition coefficient (Wildman–Crippen LogP) is 1.01. The Kier molecular flexibility index (Phi) is 4.03. The first-order valence-electron chi connectivity index (χ1n) is 7.12. The van der Waals surface area contributed by atoms with Crippen molar-refractivity contribution in [3.63, 3.8) is 0 Å². The van der Waals surface area contributed by atoms with Gasteiger partial charge in [0.15, 0.2) is 5.75 Å². The summed E-state index contributed by atoms with van der Waals surface area (Å²) >= 11 is 0. The SMILES string of the molecule is Cc1nc(OC[C@@H]2CCN2)c(OC[C@@H]2CCN2)cc1F. The Labute approximate surface area is 117 Å². The second kappa shape index (κ2) is 5.93. The van der Waals surface area contributed by atoms with Crippen molar-refractivity contribution in [1.82, 2.24) is 15.6 Å². The fourth-order valence-electron chi connectivity index (χ4n) is 2.10. The molecule has 0 spiro atoms. The van der Waals surface area contributed by atoms with E-state index < -0.39 is 0 Å². The Hall–Kier alpha value is -1.40. The van der Waals surface area contributed by atoms with Crippen molar-refractivity contribution < 1.29 is 13.9 Å². The summed E-state index contributed by atoms with van der Waals surface area (Å²) < 4.78 is 25.0. The van der Waals surface area contributed by atoms with E-state index in [9.17, 15) is 4.39 Å². The molecule has 0 saturated carbocycles. The Bertz CT molecular complexity index is 433. The van der Waals surface area contributed by atoms with Crippen LogP contribution in [0.5, 0.6) is 11.6 Å². The summed E-state index contributed by atoms with van der Waals surface area (Å²) in [6, 6.07) is 2.08. The average Bonchev–Trinajstić information content (AvgIpc) is 2.30. The number of nitrogens with zero attached hydrogens (tertiary/aromatic N) is 1. The number of aryl methyl sites for hydroxylation is 1. The smallest absolute Gasteiger partial charge is 0.257 e. The van der Waals surface area contributed by atoms with Gasteiger partial charge in [-0.2, -0.15) is 0 Å². The predicted molar refractivity (Wildman–Crippen MR) is 72.7 cm³/mol. The minimum Gasteiger partial charge on any atom is -0.486 e. The van der Waals surface area contributed by atoms with Crippen LogP contribution in [0.1, 0.15) is 18.5 Å². The van der Waals surface area contributed by atoms with Gasteiger partial charge < -0.3 is 20.1 Å². The Morgan fingerprint density at radius 2 is 1.80 bits per heavy atom. The fourth-order valence-corrected chi connectivity index (χ4v) is 2.10. The van der Waals surface area contributed by atoms with Crippen LogP contribution in [0.2, 0.25) is 0 Å². The quantitative estimate of drug-likeness (QED) is 0.815. The molecule has 1 aromatic rings. The van der Waals surface area contributed by atoms with Gasteiger partial charge >= 0.3 is 0 Å². The number of rotatable bonds is 6. The van der Waals surface area contributed by atoms with Gasteiger partial charge in [0.05, 0.1) is 5.69 Å². The molecule has 6 heteroatoms. The molecule has 0 bridgehead atoms. The molecule has 2 atom stereocenters. The molecular formula is C14H20FN3O2. The van der Waals surface area contributed by atoms with Crippen LogP contribution in [-0.4, -0.2) is 43.4 Å². The molecular weight excluding hydrogens is 261 g/mol. The molecule has 0 unspecified atom stereocenters. The number of pyridine rings is 1. The van der Waals surface area contributed by atoms with E-state index in [2.05, 4.69) is 15.6 Å². The number of aromatic nitrogens is 1. The number of hydrogen-bond acceptors (Lipinski definition) is 5. The van der Waals surface area contributed by atoms with Crippen molar-refractivity contribution in [2.45, 2.75) is 31.8 Å². The van der Waals surface area contributed by atoms with Crippen molar-refractivity contribution in [1.29, 1.82) is 0 Å². The van der Waals surface area contributed by atoms with E-state index in [1.807, 2.05) is 0 Å². The van der Waals surface area contributed by atoms with Crippen LogP contribution in [0.3, 0.4) is 0 Å². The normalized spacial score (nSPS) is 24.7. The van der Waals surface area contributed by atoms with Crippen molar-refractivity contribution in [2.75, 3.05) is 26.3 Å². The summed E-state index contributed by atoms with van der Waals surface area (Å²) in [6.07, 6.45) is 2.19. The van der Waals surface area contributed by atoms with E-state index in [0.717, 1.165) is 25.9 Å². The zero-order valence-corrected chi connectivity index (χ0v) is 11.6. The van der Waals surface area contributed by atoms with Crippen LogP contribution in [0, 0.1) is 12.7 Å². The largest absolute Gasteiger partial charge is 0.486 e. The maximum Gasteiger partial charge on any atom is 0.257 e. The van der Waals surface area contributed by atoms with Crippen LogP contribution in [0.4, 0.5) is 4.39 Å². The molecule has 0 radical (unpaired) electrons. The van der Waals surface area contributed by atoms with Crippen molar-refractivity contribution in [3.05, 3.63) is 17.6 Å². The second-order valence-corrected chi connectivity index (χ2v) is 5.36. The van der Waals surface area contributed by atoms with E-state index >= 15 is 0 Å². The Morgan fingerprint density at radius 3 is 2.35 bits per heavy atom. The molecule has 1 aromatic heterocycles. The topological polar surface area (TPSA) is 55.4 Å². The number of hydrogen-bond donors (Lipinski definition) is 2. The van der Waals surface area contributed by atoms with Crippen LogP contribution in [-0.2, 0) is 0 Å². The van der Waals surface area contributed by atoms with E-state index in [1.54, 1.807) is 6.92 Å². The minimum atomic E-state index is -0.365. The monoisotopic (exact) mass is 281 g/mol. The first-order valence-corrected chi connectivity index (χ1v) is 7.12. The second-order valence-electron chi connectivity index (χ2n) is 5.36. The zero-order valence-electron chi connectivity index (χ0n) is 11.6. The molecule has 2 aliphatic heterocycles. The van der Waals surface area contributed by atoms with Crippen LogP contribution in [0.15, 0.2) is 6.07 Å². The molecule has 110 valence electrons. The molecule has 2 N–H and O–H groups in total. The van der Waals surface area contributed by atoms with Gasteiger partial charge in [0.25, 0.3) is 5.88 Å². The lowest BCUT2D eigenvalue weighted by molar-refractivity contribution is 0.182. The lowest BCUT2D eigenvalue weighted by Gasteiger charge is -2.29. The molecule has 2 fully saturated rings. The molecule has 0 aromatic carbocycles. The van der Waals surface area contributed by atoms with Gasteiger partial charge in [-0.15, -0.1) is 0 Å². The maximum atomic E-state index is 13.6. The third-order valence-corrected chi connectivity index (χ3v) is 3.80. The molecule has 20 heavy (non-hydrogen) atoms. The van der Waals surface area contributed by atoms with Gasteiger partial charge in [-0.1, -0.05) is 0 Å². The van der Waals surface area contributed by atoms with Crippen LogP contribution >= 0.6 is 0 Å². The van der Waals surface area contributed by atoms with Gasteiger partial charge in [-0.3, -0.25) is 0 Å². The summed E-state index contributed by atoms with van der Waals surface area (Å²) in [5.74, 6) is 0.411. The summed E-state index contributed by atoms with van der Waals surface area (Å²) in [5.41, 5.74) is 0.329. The Balaban J connectivity index is 1.65. The highest BCUT2D eigenvalue weighted by molar-refractivity contribution is 5.35. The molecule has 2 saturated heterocycles. The van der Waals surface area contributed by atoms with Crippen LogP contribution in [0.25, 0.3) is 0 Å². The lowest BCUT2D eigenvalue weighted by atomic mass is 10.1. The molecule has 3 heterocycles. The fraction of sp³-hybridized carbons (Fsp3) is 0.643. The highest BCUT2D eigenvalue weighted by Crippen LogP contribution is 2.28. The number of ether oxygens (including phenoxy) is 2. The number of halogens is 1. The summed E-state index contributed by atoms with van der Waals surface area (Å²) in [4.78, 5) is 4.15. The van der Waals surface area contributed by atoms with E-state index in [-0.39, 0.29) is 5.82 Å². The maximum absolute atomic E-state index is 13.6. The van der Waals surface area contributed by atoms with Gasteiger partial charge in [-0.05, 0) is 32.9 Å². The van der Waals surface area contributed by atoms with E-state index in [0.29, 0.717) is 42.6 Å². The van der Waals surface area contributed by atoms with Gasteiger partial charge in [0.1, 0.15) is 19.0 Å². The molecule has 0 aliphatic carbocycles. The van der Waals surface area contributed by atoms with Gasteiger partial charge in [-0.25, -0.2) is 9.37 Å². The zero-order chi connectivity index (χ0) is 13.9. The Morgan fingerprint density at radius 1 is 1.20 bits per heavy atom. The first kappa shape index (κ1) is 13.6. The average molecular weight is 281 g/mol. The number of nitrogens with one attached hydrogen (secondary N) is 2. The van der Waals surface area contributed by atoms with Crippen molar-refractivity contribution in [2.24, 2.45) is 0 Å². The summed E-state index contributed by atoms with van der Waals surface area (Å²) in [7, 11) is 0. The van der Waals surface area contributed by atoms with Gasteiger partial charge in [0, 0.05) is 18.2 Å². The molecule has 5 nitrogen and oxygen atoms in total. The lowest BCUT2D eigenvalue weighted by Crippen LogP contribution is -2.47. The summed E-state index contributed by atoms with van der Waals surface area (Å²) in [5, 5.41) is 6.49.